The van der Waals surface area contributed by atoms with E-state index in [0.29, 0.717) is 38.8 Å². The van der Waals surface area contributed by atoms with Crippen LogP contribution in [0.5, 0.6) is 0 Å². The highest BCUT2D eigenvalue weighted by Crippen LogP contribution is 2.65. The summed E-state index contributed by atoms with van der Waals surface area (Å²) in [6, 6.07) is -1.48. The minimum Gasteiger partial charge on any atom is -0.394 e. The number of likely N-dealkylation sites (N-methyl/N-ethyl adjacent to an activating group) is 1. The molecule has 0 aromatic carbocycles. The summed E-state index contributed by atoms with van der Waals surface area (Å²) in [6.45, 7) is 18.3. The van der Waals surface area contributed by atoms with Gasteiger partial charge in [0.2, 0.25) is 17.7 Å². The summed E-state index contributed by atoms with van der Waals surface area (Å²) < 4.78 is 6.89. The standard InChI is InChI=1S/C30H49N3O5/c1-9-13-21(7)32(17-11-3)28(37)25-30-15-14-29(12-4,38-30)23(26(35)31(8)16-10-2)24(30)27(36)33(25)22(19-34)18-20(5)6/h10-11,20-25,34H,2-3,9,12-19H2,1,4-8H3/t21?,22-,23-,24+,25?,29+,30?/m1/s1. The van der Waals surface area contributed by atoms with Gasteiger partial charge in [-0.15, -0.1) is 13.2 Å². The highest BCUT2D eigenvalue weighted by molar-refractivity contribution is 5.99. The number of fused-ring (bicyclic) bond motifs is 1. The third-order valence-electron chi connectivity index (χ3n) is 9.09. The van der Waals surface area contributed by atoms with E-state index in [4.69, 9.17) is 4.74 Å². The number of hydrogen-bond acceptors (Lipinski definition) is 5. The van der Waals surface area contributed by atoms with Gasteiger partial charge in [-0.3, -0.25) is 14.4 Å². The average Bonchev–Trinajstić information content (AvgIpc) is 3.48. The maximum absolute atomic E-state index is 14.6. The summed E-state index contributed by atoms with van der Waals surface area (Å²) in [6.07, 6.45) is 7.39. The maximum atomic E-state index is 14.6. The zero-order valence-corrected chi connectivity index (χ0v) is 24.3. The third kappa shape index (κ3) is 4.83. The molecule has 3 aliphatic rings. The molecule has 38 heavy (non-hydrogen) atoms. The number of aliphatic hydroxyl groups excluding tert-OH is 1. The molecule has 3 fully saturated rings. The van der Waals surface area contributed by atoms with E-state index < -0.39 is 35.1 Å². The topological polar surface area (TPSA) is 90.4 Å². The van der Waals surface area contributed by atoms with E-state index in [9.17, 15) is 19.5 Å². The van der Waals surface area contributed by atoms with Crippen molar-refractivity contribution in [2.45, 2.75) is 102 Å². The van der Waals surface area contributed by atoms with Gasteiger partial charge in [0, 0.05) is 26.2 Å². The molecule has 1 spiro atoms. The van der Waals surface area contributed by atoms with E-state index >= 15 is 0 Å². The molecule has 8 nitrogen and oxygen atoms in total. The fourth-order valence-electron chi connectivity index (χ4n) is 7.40. The first-order valence-electron chi connectivity index (χ1n) is 14.4. The molecule has 8 heteroatoms. The van der Waals surface area contributed by atoms with Crippen molar-refractivity contribution in [3.8, 4) is 0 Å². The molecular formula is C30H49N3O5. The molecule has 0 aliphatic carbocycles. The lowest BCUT2D eigenvalue weighted by molar-refractivity contribution is -0.159. The second kappa shape index (κ2) is 11.9. The number of ether oxygens (including phenoxy) is 1. The normalized spacial score (nSPS) is 31.3. The second-order valence-electron chi connectivity index (χ2n) is 12.0. The summed E-state index contributed by atoms with van der Waals surface area (Å²) in [4.78, 5) is 47.9. The van der Waals surface area contributed by atoms with Gasteiger partial charge in [0.15, 0.2) is 0 Å². The Balaban J connectivity index is 2.18. The van der Waals surface area contributed by atoms with Crippen molar-refractivity contribution < 1.29 is 24.2 Å². The van der Waals surface area contributed by atoms with Crippen molar-refractivity contribution in [2.24, 2.45) is 17.8 Å². The number of likely N-dealkylation sites (tertiary alicyclic amines) is 1. The van der Waals surface area contributed by atoms with Crippen molar-refractivity contribution in [1.82, 2.24) is 14.7 Å². The minimum absolute atomic E-state index is 0.0505. The van der Waals surface area contributed by atoms with E-state index in [0.717, 1.165) is 12.8 Å². The molecular weight excluding hydrogens is 482 g/mol. The number of nitrogens with zero attached hydrogens (tertiary/aromatic N) is 3. The van der Waals surface area contributed by atoms with Gasteiger partial charge in [0.25, 0.3) is 0 Å². The number of hydrogen-bond donors (Lipinski definition) is 1. The highest BCUT2D eigenvalue weighted by atomic mass is 16.5. The monoisotopic (exact) mass is 531 g/mol. The van der Waals surface area contributed by atoms with Gasteiger partial charge in [-0.2, -0.15) is 0 Å². The lowest BCUT2D eigenvalue weighted by Crippen LogP contribution is -2.60. The molecule has 1 N–H and O–H groups in total. The Kier molecular flexibility index (Phi) is 9.51. The van der Waals surface area contributed by atoms with Crippen molar-refractivity contribution >= 4 is 17.7 Å². The molecule has 3 saturated heterocycles. The molecule has 3 unspecified atom stereocenters. The molecule has 3 amide bonds. The summed E-state index contributed by atoms with van der Waals surface area (Å²) in [5.74, 6) is -1.82. The van der Waals surface area contributed by atoms with Crippen LogP contribution in [0.1, 0.15) is 73.1 Å². The minimum atomic E-state index is -1.10. The number of carbonyl (C=O) groups is 3. The van der Waals surface area contributed by atoms with Gasteiger partial charge in [-0.05, 0) is 44.9 Å². The van der Waals surface area contributed by atoms with Gasteiger partial charge in [0.05, 0.1) is 30.1 Å². The van der Waals surface area contributed by atoms with E-state index in [2.05, 4.69) is 20.1 Å². The van der Waals surface area contributed by atoms with Crippen LogP contribution in [0.4, 0.5) is 0 Å². The summed E-state index contributed by atoms with van der Waals surface area (Å²) in [5.41, 5.74) is -1.89. The van der Waals surface area contributed by atoms with Gasteiger partial charge >= 0.3 is 0 Å². The lowest BCUT2D eigenvalue weighted by atomic mass is 9.64. The first-order valence-corrected chi connectivity index (χ1v) is 14.4. The molecule has 0 saturated carbocycles. The Hall–Kier alpha value is -2.19. The Labute approximate surface area is 229 Å². The highest BCUT2D eigenvalue weighted by Gasteiger charge is 2.79. The largest absolute Gasteiger partial charge is 0.394 e. The van der Waals surface area contributed by atoms with Crippen LogP contribution < -0.4 is 0 Å². The van der Waals surface area contributed by atoms with Crippen LogP contribution in [0.15, 0.2) is 25.3 Å². The first kappa shape index (κ1) is 30.4. The molecule has 0 radical (unpaired) electrons. The quantitative estimate of drug-likeness (QED) is 0.347. The maximum Gasteiger partial charge on any atom is 0.248 e. The van der Waals surface area contributed by atoms with E-state index in [-0.39, 0.29) is 36.3 Å². The number of carbonyl (C=O) groups excluding carboxylic acids is 3. The van der Waals surface area contributed by atoms with Gasteiger partial charge in [0.1, 0.15) is 11.6 Å². The van der Waals surface area contributed by atoms with E-state index in [1.54, 1.807) is 33.9 Å². The molecule has 2 bridgehead atoms. The molecule has 7 atom stereocenters. The number of rotatable bonds is 14. The van der Waals surface area contributed by atoms with Crippen molar-refractivity contribution in [3.63, 3.8) is 0 Å². The van der Waals surface area contributed by atoms with Crippen LogP contribution in [0.2, 0.25) is 0 Å². The van der Waals surface area contributed by atoms with Crippen LogP contribution in [0.3, 0.4) is 0 Å². The summed E-state index contributed by atoms with van der Waals surface area (Å²) >= 11 is 0. The smallest absolute Gasteiger partial charge is 0.248 e. The van der Waals surface area contributed by atoms with Crippen LogP contribution in [-0.2, 0) is 19.1 Å². The average molecular weight is 532 g/mol. The Morgan fingerprint density at radius 3 is 2.34 bits per heavy atom. The fourth-order valence-corrected chi connectivity index (χ4v) is 7.40. The van der Waals surface area contributed by atoms with Crippen LogP contribution >= 0.6 is 0 Å². The molecule has 0 aromatic rings. The van der Waals surface area contributed by atoms with Crippen molar-refractivity contribution in [2.75, 3.05) is 26.7 Å². The summed E-state index contributed by atoms with van der Waals surface area (Å²) in [5, 5.41) is 10.5. The molecule has 214 valence electrons. The molecule has 3 heterocycles. The van der Waals surface area contributed by atoms with E-state index in [1.807, 2.05) is 27.7 Å². The predicted molar refractivity (Wildman–Crippen MR) is 148 cm³/mol. The Bertz CT molecular complexity index is 922. The van der Waals surface area contributed by atoms with E-state index in [1.165, 1.54) is 0 Å². The molecule has 3 aliphatic heterocycles. The SMILES string of the molecule is C=CCN(C)C(=O)[C@H]1[C@H]2C(=O)N([C@@H](CO)CC(C)C)C(C(=O)N(CC=C)C(C)CCC)C23CC[C@]1(CC)O3. The Morgan fingerprint density at radius 1 is 1.16 bits per heavy atom. The summed E-state index contributed by atoms with van der Waals surface area (Å²) in [7, 11) is 1.72. The number of amides is 3. The molecule has 3 rings (SSSR count). The van der Waals surface area contributed by atoms with Gasteiger partial charge in [-0.25, -0.2) is 0 Å². The van der Waals surface area contributed by atoms with Crippen molar-refractivity contribution in [1.29, 1.82) is 0 Å². The van der Waals surface area contributed by atoms with Crippen LogP contribution in [-0.4, -0.2) is 93.6 Å². The lowest BCUT2D eigenvalue weighted by Gasteiger charge is -2.41. The Morgan fingerprint density at radius 2 is 1.82 bits per heavy atom. The van der Waals surface area contributed by atoms with Gasteiger partial charge in [-0.1, -0.05) is 46.3 Å². The van der Waals surface area contributed by atoms with Crippen LogP contribution in [0.25, 0.3) is 0 Å². The molecule has 0 aromatic heterocycles. The van der Waals surface area contributed by atoms with Crippen LogP contribution in [0, 0.1) is 17.8 Å². The first-order chi connectivity index (χ1) is 18.0. The zero-order chi connectivity index (χ0) is 28.4. The predicted octanol–water partition coefficient (Wildman–Crippen LogP) is 3.40. The van der Waals surface area contributed by atoms with Crippen molar-refractivity contribution in [3.05, 3.63) is 25.3 Å². The second-order valence-corrected chi connectivity index (χ2v) is 12.0. The third-order valence-corrected chi connectivity index (χ3v) is 9.09. The number of aliphatic hydroxyl groups is 1. The van der Waals surface area contributed by atoms with Gasteiger partial charge < -0.3 is 24.5 Å². The fraction of sp³-hybridized carbons (Fsp3) is 0.767. The zero-order valence-electron chi connectivity index (χ0n) is 24.3.